The zero-order chi connectivity index (χ0) is 18.4. The molecule has 0 bridgehead atoms. The van der Waals surface area contributed by atoms with Gasteiger partial charge in [0.2, 0.25) is 5.91 Å². The van der Waals surface area contributed by atoms with Crippen molar-refractivity contribution >= 4 is 5.91 Å². The van der Waals surface area contributed by atoms with Crippen LogP contribution in [0.25, 0.3) is 0 Å². The van der Waals surface area contributed by atoms with Gasteiger partial charge in [-0.3, -0.25) is 4.79 Å². The Morgan fingerprint density at radius 1 is 1.15 bits per heavy atom. The fourth-order valence-corrected chi connectivity index (χ4v) is 4.19. The van der Waals surface area contributed by atoms with E-state index in [1.807, 2.05) is 4.90 Å². The lowest BCUT2D eigenvalue weighted by Gasteiger charge is -2.46. The van der Waals surface area contributed by atoms with Crippen LogP contribution in [0, 0.1) is 5.92 Å². The second-order valence-corrected chi connectivity index (χ2v) is 8.47. The van der Waals surface area contributed by atoms with Crippen molar-refractivity contribution in [2.75, 3.05) is 59.2 Å². The third-order valence-electron chi connectivity index (χ3n) is 6.04. The summed E-state index contributed by atoms with van der Waals surface area (Å²) in [4.78, 5) is 16.7. The number of morpholine rings is 1. The minimum atomic E-state index is -0.0285. The van der Waals surface area contributed by atoms with Crippen LogP contribution in [0.1, 0.15) is 46.0 Å². The van der Waals surface area contributed by atoms with Crippen molar-refractivity contribution in [2.24, 2.45) is 5.92 Å². The Bertz CT molecular complexity index is 443. The summed E-state index contributed by atoms with van der Waals surface area (Å²) >= 11 is 0. The van der Waals surface area contributed by atoms with E-state index in [9.17, 15) is 4.79 Å². The van der Waals surface area contributed by atoms with Crippen LogP contribution in [0.15, 0.2) is 0 Å². The average Bonchev–Trinajstić information content (AvgIpc) is 2.66. The van der Waals surface area contributed by atoms with Gasteiger partial charge in [-0.15, -0.1) is 0 Å². The predicted molar refractivity (Wildman–Crippen MR) is 100 cm³/mol. The maximum absolute atomic E-state index is 12.3. The average molecular weight is 369 g/mol. The highest BCUT2D eigenvalue weighted by Gasteiger charge is 2.40. The van der Waals surface area contributed by atoms with E-state index in [0.717, 1.165) is 51.3 Å². The Hall–Kier alpha value is -0.690. The number of likely N-dealkylation sites (tertiary alicyclic amines) is 1. The molecule has 0 aromatic carbocycles. The largest absolute Gasteiger partial charge is 0.378 e. The van der Waals surface area contributed by atoms with E-state index in [1.54, 1.807) is 0 Å². The van der Waals surface area contributed by atoms with Gasteiger partial charge in [-0.25, -0.2) is 0 Å². The molecule has 3 heterocycles. The summed E-state index contributed by atoms with van der Waals surface area (Å²) in [6.45, 7) is 11.6. The number of hydrogen-bond donors (Lipinski definition) is 0. The minimum absolute atomic E-state index is 0.0285. The fourth-order valence-electron chi connectivity index (χ4n) is 4.19. The number of carbonyl (C=O) groups is 1. The summed E-state index contributed by atoms with van der Waals surface area (Å²) in [5, 5.41) is 0. The van der Waals surface area contributed by atoms with Crippen LogP contribution in [-0.2, 0) is 19.0 Å². The molecule has 1 atom stereocenters. The molecule has 26 heavy (non-hydrogen) atoms. The molecule has 150 valence electrons. The first-order valence-corrected chi connectivity index (χ1v) is 10.4. The molecule has 0 aliphatic carbocycles. The van der Waals surface area contributed by atoms with Gasteiger partial charge in [0.1, 0.15) is 6.61 Å². The number of carbonyl (C=O) groups excluding carboxylic acids is 1. The third-order valence-corrected chi connectivity index (χ3v) is 6.04. The Kier molecular flexibility index (Phi) is 7.32. The van der Waals surface area contributed by atoms with Crippen LogP contribution in [-0.4, -0.2) is 86.6 Å². The second kappa shape index (κ2) is 9.49. The van der Waals surface area contributed by atoms with E-state index >= 15 is 0 Å². The maximum Gasteiger partial charge on any atom is 0.248 e. The zero-order valence-electron chi connectivity index (χ0n) is 16.6. The topological polar surface area (TPSA) is 51.2 Å². The van der Waals surface area contributed by atoms with Crippen LogP contribution in [0.3, 0.4) is 0 Å². The molecule has 3 saturated heterocycles. The first-order valence-electron chi connectivity index (χ1n) is 10.4. The Balaban J connectivity index is 1.40. The minimum Gasteiger partial charge on any atom is -0.378 e. The molecule has 0 saturated carbocycles. The SMILES string of the molecule is CC(C)CCN1CCC2(CC1)CC(OCC(=O)N1CCOCC1)CCO2. The smallest absolute Gasteiger partial charge is 0.248 e. The standard InChI is InChI=1S/C20H36N2O4/c1-17(2)3-7-21-8-5-20(6-9-21)15-18(4-12-26-20)25-16-19(23)22-10-13-24-14-11-22/h17-18H,3-16H2,1-2H3. The molecule has 0 radical (unpaired) electrons. The number of rotatable bonds is 6. The van der Waals surface area contributed by atoms with Crippen molar-refractivity contribution in [1.82, 2.24) is 9.80 Å². The summed E-state index contributed by atoms with van der Waals surface area (Å²) in [6.07, 6.45) is 5.42. The molecular formula is C20H36N2O4. The van der Waals surface area contributed by atoms with E-state index in [1.165, 1.54) is 13.0 Å². The van der Waals surface area contributed by atoms with E-state index in [-0.39, 0.29) is 24.2 Å². The molecule has 3 fully saturated rings. The lowest BCUT2D eigenvalue weighted by atomic mass is 9.83. The molecule has 1 spiro atoms. The van der Waals surface area contributed by atoms with Crippen molar-refractivity contribution in [3.63, 3.8) is 0 Å². The third kappa shape index (κ3) is 5.65. The van der Waals surface area contributed by atoms with Crippen molar-refractivity contribution in [2.45, 2.75) is 57.7 Å². The highest BCUT2D eigenvalue weighted by atomic mass is 16.5. The van der Waals surface area contributed by atoms with Crippen LogP contribution in [0.2, 0.25) is 0 Å². The highest BCUT2D eigenvalue weighted by molar-refractivity contribution is 5.77. The Morgan fingerprint density at radius 3 is 2.58 bits per heavy atom. The molecule has 0 aromatic rings. The van der Waals surface area contributed by atoms with Crippen LogP contribution >= 0.6 is 0 Å². The van der Waals surface area contributed by atoms with Gasteiger partial charge in [-0.1, -0.05) is 13.8 Å². The summed E-state index contributed by atoms with van der Waals surface area (Å²) < 4.78 is 17.5. The fraction of sp³-hybridized carbons (Fsp3) is 0.950. The summed E-state index contributed by atoms with van der Waals surface area (Å²) in [7, 11) is 0. The van der Waals surface area contributed by atoms with E-state index in [0.29, 0.717) is 26.3 Å². The maximum atomic E-state index is 12.3. The molecule has 6 heteroatoms. The van der Waals surface area contributed by atoms with E-state index in [2.05, 4.69) is 18.7 Å². The lowest BCUT2D eigenvalue weighted by molar-refractivity contribution is -0.164. The Labute approximate surface area is 158 Å². The van der Waals surface area contributed by atoms with Crippen LogP contribution in [0.4, 0.5) is 0 Å². The Morgan fingerprint density at radius 2 is 1.88 bits per heavy atom. The van der Waals surface area contributed by atoms with Crippen LogP contribution < -0.4 is 0 Å². The van der Waals surface area contributed by atoms with Crippen molar-refractivity contribution in [3.8, 4) is 0 Å². The quantitative estimate of drug-likeness (QED) is 0.717. The zero-order valence-corrected chi connectivity index (χ0v) is 16.6. The number of ether oxygens (including phenoxy) is 3. The molecule has 0 aromatic heterocycles. The van der Waals surface area contributed by atoms with Crippen molar-refractivity contribution in [1.29, 1.82) is 0 Å². The first-order chi connectivity index (χ1) is 12.6. The van der Waals surface area contributed by atoms with Gasteiger partial charge >= 0.3 is 0 Å². The summed E-state index contributed by atoms with van der Waals surface area (Å²) in [6, 6.07) is 0. The molecule has 6 nitrogen and oxygen atoms in total. The van der Waals surface area contributed by atoms with Crippen LogP contribution in [0.5, 0.6) is 0 Å². The number of amides is 1. The van der Waals surface area contributed by atoms with Gasteiger partial charge in [-0.2, -0.15) is 0 Å². The molecule has 3 aliphatic rings. The molecule has 1 amide bonds. The second-order valence-electron chi connectivity index (χ2n) is 8.47. The molecular weight excluding hydrogens is 332 g/mol. The van der Waals surface area contributed by atoms with Gasteiger partial charge in [0.25, 0.3) is 0 Å². The van der Waals surface area contributed by atoms with Gasteiger partial charge < -0.3 is 24.0 Å². The molecule has 3 aliphatic heterocycles. The van der Waals surface area contributed by atoms with Gasteiger partial charge in [0.05, 0.1) is 24.9 Å². The molecule has 0 N–H and O–H groups in total. The summed E-state index contributed by atoms with van der Waals surface area (Å²) in [5.74, 6) is 0.857. The molecule has 1 unspecified atom stereocenters. The number of nitrogens with zero attached hydrogens (tertiary/aromatic N) is 2. The lowest BCUT2D eigenvalue weighted by Crippen LogP contribution is -2.51. The van der Waals surface area contributed by atoms with Gasteiger partial charge in [-0.05, 0) is 38.1 Å². The molecule has 3 rings (SSSR count). The summed E-state index contributed by atoms with van der Waals surface area (Å²) in [5.41, 5.74) is -0.0285. The predicted octanol–water partition coefficient (Wildman–Crippen LogP) is 1.92. The van der Waals surface area contributed by atoms with E-state index in [4.69, 9.17) is 14.2 Å². The number of hydrogen-bond acceptors (Lipinski definition) is 5. The normalized spacial score (nSPS) is 27.2. The highest BCUT2D eigenvalue weighted by Crippen LogP contribution is 2.36. The first kappa shape index (κ1) is 20.1. The monoisotopic (exact) mass is 368 g/mol. The van der Waals surface area contributed by atoms with Crippen molar-refractivity contribution in [3.05, 3.63) is 0 Å². The van der Waals surface area contributed by atoms with Crippen molar-refractivity contribution < 1.29 is 19.0 Å². The van der Waals surface area contributed by atoms with Gasteiger partial charge in [0.15, 0.2) is 0 Å². The van der Waals surface area contributed by atoms with Gasteiger partial charge in [0, 0.05) is 39.2 Å². The number of piperidine rings is 1. The van der Waals surface area contributed by atoms with E-state index < -0.39 is 0 Å².